The number of methoxy groups -OCH3 is 1. The zero-order valence-electron chi connectivity index (χ0n) is 19.0. The number of carbonyl (C=O) groups is 3. The summed E-state index contributed by atoms with van der Waals surface area (Å²) in [6.07, 6.45) is -2.57. The number of carboxylic acid groups (broad SMARTS) is 1. The van der Waals surface area contributed by atoms with E-state index in [0.29, 0.717) is 0 Å². The number of aliphatic hydroxyl groups excluding tert-OH is 1. The van der Waals surface area contributed by atoms with E-state index in [1.807, 2.05) is 48.5 Å². The Labute approximate surface area is 197 Å². The molecule has 0 radical (unpaired) electrons. The van der Waals surface area contributed by atoms with E-state index in [0.717, 1.165) is 27.2 Å². The Hall–Kier alpha value is -3.43. The standard InChI is InChI=1S/C25H28N2O7/c1-14(33-2)22(23(29)27-12-15(28)11-21(27)24(30)31)26-25(32)34-13-20-18-9-5-3-7-16(18)17-8-4-6-10-19(17)20/h3-10,14-15,20-22,28H,11-13H2,1-2H3,(H,26,32)(H,30,31)/t14?,15-,21-,22?/m0/s1. The van der Waals surface area contributed by atoms with Gasteiger partial charge in [0.15, 0.2) is 0 Å². The molecule has 1 saturated heterocycles. The normalized spacial score (nSPS) is 20.9. The molecule has 3 N–H and O–H groups in total. The molecular formula is C25H28N2O7. The molecule has 1 aliphatic carbocycles. The Morgan fingerprint density at radius 3 is 2.24 bits per heavy atom. The van der Waals surface area contributed by atoms with Crippen LogP contribution in [0.3, 0.4) is 0 Å². The number of hydrogen-bond acceptors (Lipinski definition) is 6. The highest BCUT2D eigenvalue weighted by atomic mass is 16.5. The summed E-state index contributed by atoms with van der Waals surface area (Å²) in [7, 11) is 1.39. The van der Waals surface area contributed by atoms with Gasteiger partial charge in [0.25, 0.3) is 0 Å². The second-order valence-corrected chi connectivity index (χ2v) is 8.62. The molecule has 4 atom stereocenters. The van der Waals surface area contributed by atoms with E-state index in [2.05, 4.69) is 5.32 Å². The molecule has 1 heterocycles. The number of carbonyl (C=O) groups excluding carboxylic acids is 2. The van der Waals surface area contributed by atoms with Crippen molar-refractivity contribution in [3.05, 3.63) is 59.7 Å². The van der Waals surface area contributed by atoms with Gasteiger partial charge in [-0.05, 0) is 29.2 Å². The molecule has 0 bridgehead atoms. The Morgan fingerprint density at radius 1 is 1.09 bits per heavy atom. The predicted octanol–water partition coefficient (Wildman–Crippen LogP) is 1.97. The zero-order valence-corrected chi connectivity index (χ0v) is 19.0. The summed E-state index contributed by atoms with van der Waals surface area (Å²) in [6, 6.07) is 13.6. The lowest BCUT2D eigenvalue weighted by Gasteiger charge is -2.29. The predicted molar refractivity (Wildman–Crippen MR) is 122 cm³/mol. The minimum Gasteiger partial charge on any atom is -0.480 e. The average molecular weight is 469 g/mol. The van der Waals surface area contributed by atoms with Gasteiger partial charge in [0.2, 0.25) is 5.91 Å². The summed E-state index contributed by atoms with van der Waals surface area (Å²) in [5.74, 6) is -2.00. The maximum absolute atomic E-state index is 13.1. The number of aliphatic hydroxyl groups is 1. The quantitative estimate of drug-likeness (QED) is 0.567. The first-order chi connectivity index (χ1) is 16.3. The highest BCUT2D eigenvalue weighted by Crippen LogP contribution is 2.44. The number of nitrogens with zero attached hydrogens (tertiary/aromatic N) is 1. The summed E-state index contributed by atoms with van der Waals surface area (Å²) in [4.78, 5) is 38.5. The van der Waals surface area contributed by atoms with Crippen LogP contribution < -0.4 is 5.32 Å². The molecule has 9 nitrogen and oxygen atoms in total. The van der Waals surface area contributed by atoms with Gasteiger partial charge in [-0.25, -0.2) is 9.59 Å². The monoisotopic (exact) mass is 468 g/mol. The molecule has 0 spiro atoms. The maximum Gasteiger partial charge on any atom is 0.407 e. The van der Waals surface area contributed by atoms with Crippen molar-refractivity contribution in [3.63, 3.8) is 0 Å². The molecular weight excluding hydrogens is 440 g/mol. The van der Waals surface area contributed by atoms with Gasteiger partial charge in [0, 0.05) is 26.0 Å². The first-order valence-electron chi connectivity index (χ1n) is 11.2. The van der Waals surface area contributed by atoms with Gasteiger partial charge in [-0.2, -0.15) is 0 Å². The Kier molecular flexibility index (Phi) is 6.85. The van der Waals surface area contributed by atoms with Gasteiger partial charge in [0.05, 0.1) is 12.2 Å². The lowest BCUT2D eigenvalue weighted by atomic mass is 9.98. The molecule has 1 aliphatic heterocycles. The second-order valence-electron chi connectivity index (χ2n) is 8.62. The van der Waals surface area contributed by atoms with Gasteiger partial charge in [0.1, 0.15) is 18.7 Å². The van der Waals surface area contributed by atoms with E-state index in [9.17, 15) is 24.6 Å². The van der Waals surface area contributed by atoms with Crippen molar-refractivity contribution in [3.8, 4) is 11.1 Å². The van der Waals surface area contributed by atoms with Crippen molar-refractivity contribution >= 4 is 18.0 Å². The number of benzene rings is 2. The van der Waals surface area contributed by atoms with Crippen molar-refractivity contribution < 1.29 is 34.1 Å². The number of fused-ring (bicyclic) bond motifs is 3. The third kappa shape index (κ3) is 4.49. The third-order valence-corrected chi connectivity index (χ3v) is 6.57. The molecule has 1 fully saturated rings. The molecule has 2 unspecified atom stereocenters. The first-order valence-corrected chi connectivity index (χ1v) is 11.2. The van der Waals surface area contributed by atoms with E-state index >= 15 is 0 Å². The number of alkyl carbamates (subject to hydrolysis) is 1. The number of β-amino-alcohol motifs (C(OH)–C–C–N with tert-alkyl or cyclic N) is 1. The number of amides is 2. The van der Waals surface area contributed by atoms with Crippen LogP contribution in [0.2, 0.25) is 0 Å². The molecule has 0 aromatic heterocycles. The average Bonchev–Trinajstić information content (AvgIpc) is 3.38. The van der Waals surface area contributed by atoms with Crippen LogP contribution in [0.25, 0.3) is 11.1 Å². The maximum atomic E-state index is 13.1. The van der Waals surface area contributed by atoms with Gasteiger partial charge >= 0.3 is 12.1 Å². The number of rotatable bonds is 7. The Bertz CT molecular complexity index is 1040. The minimum absolute atomic E-state index is 0.0693. The van der Waals surface area contributed by atoms with Crippen molar-refractivity contribution in [2.24, 2.45) is 0 Å². The molecule has 2 aromatic carbocycles. The Morgan fingerprint density at radius 2 is 1.68 bits per heavy atom. The van der Waals surface area contributed by atoms with E-state index in [1.54, 1.807) is 6.92 Å². The highest BCUT2D eigenvalue weighted by molar-refractivity contribution is 5.90. The van der Waals surface area contributed by atoms with Gasteiger partial charge in [-0.1, -0.05) is 48.5 Å². The molecule has 34 heavy (non-hydrogen) atoms. The van der Waals surface area contributed by atoms with E-state index in [4.69, 9.17) is 9.47 Å². The summed E-state index contributed by atoms with van der Waals surface area (Å²) in [5.41, 5.74) is 4.32. The number of carboxylic acids is 1. The van der Waals surface area contributed by atoms with Crippen molar-refractivity contribution in [1.82, 2.24) is 10.2 Å². The number of ether oxygens (including phenoxy) is 2. The molecule has 180 valence electrons. The fraction of sp³-hybridized carbons (Fsp3) is 0.400. The lowest BCUT2D eigenvalue weighted by molar-refractivity contribution is -0.150. The largest absolute Gasteiger partial charge is 0.480 e. The fourth-order valence-corrected chi connectivity index (χ4v) is 4.75. The molecule has 9 heteroatoms. The van der Waals surface area contributed by atoms with E-state index in [-0.39, 0.29) is 25.5 Å². The highest BCUT2D eigenvalue weighted by Gasteiger charge is 2.43. The summed E-state index contributed by atoms with van der Waals surface area (Å²) >= 11 is 0. The van der Waals surface area contributed by atoms with Crippen molar-refractivity contribution in [2.45, 2.75) is 43.6 Å². The molecule has 0 saturated carbocycles. The first kappa shape index (κ1) is 23.7. The summed E-state index contributed by atoms with van der Waals surface area (Å²) in [6.45, 7) is 1.53. The number of likely N-dealkylation sites (tertiary alicyclic amines) is 1. The molecule has 2 aliphatic rings. The van der Waals surface area contributed by atoms with Gasteiger partial charge in [-0.3, -0.25) is 4.79 Å². The summed E-state index contributed by atoms with van der Waals surface area (Å²) < 4.78 is 10.8. The zero-order chi connectivity index (χ0) is 24.4. The van der Waals surface area contributed by atoms with Crippen LogP contribution in [-0.4, -0.2) is 77.6 Å². The fourth-order valence-electron chi connectivity index (χ4n) is 4.75. The van der Waals surface area contributed by atoms with E-state index < -0.39 is 42.3 Å². The van der Waals surface area contributed by atoms with E-state index in [1.165, 1.54) is 7.11 Å². The van der Waals surface area contributed by atoms with Crippen LogP contribution in [0.15, 0.2) is 48.5 Å². The number of aliphatic carboxylic acids is 1. The molecule has 2 amide bonds. The smallest absolute Gasteiger partial charge is 0.407 e. The number of nitrogens with one attached hydrogen (secondary N) is 1. The van der Waals surface area contributed by atoms with Crippen LogP contribution >= 0.6 is 0 Å². The van der Waals surface area contributed by atoms with Crippen molar-refractivity contribution in [2.75, 3.05) is 20.3 Å². The second kappa shape index (κ2) is 9.82. The van der Waals surface area contributed by atoms with Crippen LogP contribution in [-0.2, 0) is 19.1 Å². The summed E-state index contributed by atoms with van der Waals surface area (Å²) in [5, 5.41) is 21.9. The SMILES string of the molecule is COC(C)C(NC(=O)OCC1c2ccccc2-c2ccccc21)C(=O)N1C[C@@H](O)C[C@H]1C(=O)O. The van der Waals surface area contributed by atoms with Crippen LogP contribution in [0.5, 0.6) is 0 Å². The Balaban J connectivity index is 1.46. The third-order valence-electron chi connectivity index (χ3n) is 6.57. The lowest BCUT2D eigenvalue weighted by Crippen LogP contribution is -2.56. The number of hydrogen-bond donors (Lipinski definition) is 3. The molecule has 2 aromatic rings. The van der Waals surface area contributed by atoms with Crippen molar-refractivity contribution in [1.29, 1.82) is 0 Å². The van der Waals surface area contributed by atoms with Gasteiger partial charge < -0.3 is 29.9 Å². The van der Waals surface area contributed by atoms with Crippen LogP contribution in [0, 0.1) is 0 Å². The van der Waals surface area contributed by atoms with Crippen LogP contribution in [0.1, 0.15) is 30.4 Å². The molecule has 4 rings (SSSR count). The topological polar surface area (TPSA) is 125 Å². The van der Waals surface area contributed by atoms with Gasteiger partial charge in [-0.15, -0.1) is 0 Å². The minimum atomic E-state index is -1.21. The van der Waals surface area contributed by atoms with Crippen LogP contribution in [0.4, 0.5) is 4.79 Å².